The maximum atomic E-state index is 12.1. The molecule has 2 aromatic rings. The first-order valence-electron chi connectivity index (χ1n) is 8.29. The monoisotopic (exact) mass is 421 g/mol. The summed E-state index contributed by atoms with van der Waals surface area (Å²) in [5, 5.41) is 2.90. The number of aryl methyl sites for hydroxylation is 2. The minimum absolute atomic E-state index is 0.0403. The molecule has 4 nitrogen and oxygen atoms in total. The van der Waals surface area contributed by atoms with E-state index in [4.69, 9.17) is 0 Å². The Morgan fingerprint density at radius 3 is 2.52 bits per heavy atom. The molecule has 0 bridgehead atoms. The van der Waals surface area contributed by atoms with E-state index in [-0.39, 0.29) is 5.91 Å². The molecule has 1 amide bonds. The Kier molecular flexibility index (Phi) is 6.27. The Morgan fingerprint density at radius 2 is 1.91 bits per heavy atom. The van der Waals surface area contributed by atoms with Crippen LogP contribution in [0.1, 0.15) is 29.4 Å². The van der Waals surface area contributed by atoms with Crippen LogP contribution in [-0.4, -0.2) is 40.4 Å². The number of imidazole rings is 1. The summed E-state index contributed by atoms with van der Waals surface area (Å²) in [5.74, 6) is -0.0403. The van der Waals surface area contributed by atoms with Crippen LogP contribution in [-0.2, 0) is 13.0 Å². The summed E-state index contributed by atoms with van der Waals surface area (Å²) in [4.78, 5) is 23.5. The van der Waals surface area contributed by atoms with Gasteiger partial charge in [0.25, 0.3) is 0 Å². The SMILES string of the molecule is CCCNC(=O)c1cncn1CCc1cc[c]([Sn]([CH3])([CH3])[CH3])cc1. The molecule has 1 heterocycles. The number of rotatable bonds is 7. The van der Waals surface area contributed by atoms with Crippen molar-refractivity contribution in [2.24, 2.45) is 0 Å². The topological polar surface area (TPSA) is 46.9 Å². The summed E-state index contributed by atoms with van der Waals surface area (Å²) in [6.07, 6.45) is 5.22. The second kappa shape index (κ2) is 7.99. The van der Waals surface area contributed by atoms with E-state index in [1.807, 2.05) is 11.5 Å². The molecule has 0 unspecified atom stereocenters. The van der Waals surface area contributed by atoms with Crippen molar-refractivity contribution in [3.05, 3.63) is 48.0 Å². The van der Waals surface area contributed by atoms with Crippen molar-refractivity contribution < 1.29 is 4.79 Å². The Balaban J connectivity index is 1.99. The number of carbonyl (C=O) groups is 1. The summed E-state index contributed by atoms with van der Waals surface area (Å²) < 4.78 is 3.48. The van der Waals surface area contributed by atoms with Gasteiger partial charge in [0, 0.05) is 0 Å². The summed E-state index contributed by atoms with van der Waals surface area (Å²) in [5.41, 5.74) is 1.94. The first kappa shape index (κ1) is 18.0. The van der Waals surface area contributed by atoms with Gasteiger partial charge in [0.1, 0.15) is 0 Å². The van der Waals surface area contributed by atoms with Crippen molar-refractivity contribution in [1.82, 2.24) is 14.9 Å². The number of aromatic nitrogens is 2. The van der Waals surface area contributed by atoms with Crippen molar-refractivity contribution in [1.29, 1.82) is 0 Å². The summed E-state index contributed by atoms with van der Waals surface area (Å²) in [7, 11) is 0. The van der Waals surface area contributed by atoms with Crippen molar-refractivity contribution in [3.63, 3.8) is 0 Å². The predicted molar refractivity (Wildman–Crippen MR) is 98.0 cm³/mol. The molecule has 0 aliphatic rings. The number of amides is 1. The van der Waals surface area contributed by atoms with Crippen LogP contribution in [0.3, 0.4) is 0 Å². The third kappa shape index (κ3) is 5.09. The fourth-order valence-corrected chi connectivity index (χ4v) is 5.77. The van der Waals surface area contributed by atoms with Gasteiger partial charge in [-0.05, 0) is 0 Å². The molecule has 1 aromatic carbocycles. The molecule has 0 saturated carbocycles. The van der Waals surface area contributed by atoms with Crippen LogP contribution in [0.5, 0.6) is 0 Å². The minimum atomic E-state index is -1.96. The van der Waals surface area contributed by atoms with E-state index in [1.165, 1.54) is 5.56 Å². The van der Waals surface area contributed by atoms with Gasteiger partial charge in [-0.15, -0.1) is 0 Å². The molecule has 0 fully saturated rings. The van der Waals surface area contributed by atoms with Crippen molar-refractivity contribution in [2.45, 2.75) is 41.1 Å². The van der Waals surface area contributed by atoms with Crippen LogP contribution in [0.4, 0.5) is 0 Å². The Bertz CT molecular complexity index is 641. The number of nitrogens with zero attached hydrogens (tertiary/aromatic N) is 2. The molecule has 0 atom stereocenters. The van der Waals surface area contributed by atoms with Crippen LogP contribution < -0.4 is 8.90 Å². The number of nitrogens with one attached hydrogen (secondary N) is 1. The zero-order valence-corrected chi connectivity index (χ0v) is 17.4. The molecular weight excluding hydrogens is 393 g/mol. The van der Waals surface area contributed by atoms with Gasteiger partial charge in [0.05, 0.1) is 0 Å². The first-order valence-corrected chi connectivity index (χ1v) is 18.3. The number of hydrogen-bond acceptors (Lipinski definition) is 2. The Morgan fingerprint density at radius 1 is 1.22 bits per heavy atom. The molecule has 0 saturated heterocycles. The van der Waals surface area contributed by atoms with Crippen LogP contribution in [0.25, 0.3) is 0 Å². The van der Waals surface area contributed by atoms with Crippen LogP contribution in [0.15, 0.2) is 36.8 Å². The fraction of sp³-hybridized carbons (Fsp3) is 0.444. The second-order valence-corrected chi connectivity index (χ2v) is 21.4. The second-order valence-electron chi connectivity index (χ2n) is 6.93. The third-order valence-corrected chi connectivity index (χ3v) is 9.84. The number of carbonyl (C=O) groups excluding carboxylic acids is 1. The van der Waals surface area contributed by atoms with Crippen LogP contribution >= 0.6 is 0 Å². The molecule has 2 rings (SSSR count). The van der Waals surface area contributed by atoms with Gasteiger partial charge in [-0.25, -0.2) is 0 Å². The fourth-order valence-electron chi connectivity index (χ4n) is 2.44. The van der Waals surface area contributed by atoms with E-state index in [1.54, 1.807) is 16.1 Å². The molecular formula is C18H27N3OSn. The summed E-state index contributed by atoms with van der Waals surface area (Å²) in [6.45, 7) is 3.51. The molecule has 0 spiro atoms. The van der Waals surface area contributed by atoms with Gasteiger partial charge in [0.15, 0.2) is 0 Å². The summed E-state index contributed by atoms with van der Waals surface area (Å²) >= 11 is -1.96. The van der Waals surface area contributed by atoms with E-state index in [2.05, 4.69) is 49.4 Å². The van der Waals surface area contributed by atoms with Gasteiger partial charge < -0.3 is 0 Å². The molecule has 5 heteroatoms. The molecule has 23 heavy (non-hydrogen) atoms. The van der Waals surface area contributed by atoms with Crippen molar-refractivity contribution >= 4 is 27.9 Å². The molecule has 0 aliphatic carbocycles. The van der Waals surface area contributed by atoms with E-state index in [0.29, 0.717) is 12.2 Å². The summed E-state index contributed by atoms with van der Waals surface area (Å²) in [6, 6.07) is 9.03. The van der Waals surface area contributed by atoms with E-state index >= 15 is 0 Å². The molecule has 124 valence electrons. The quantitative estimate of drug-likeness (QED) is 0.701. The number of hydrogen-bond donors (Lipinski definition) is 1. The van der Waals surface area contributed by atoms with Gasteiger partial charge in [0.2, 0.25) is 0 Å². The van der Waals surface area contributed by atoms with Gasteiger partial charge >= 0.3 is 136 Å². The van der Waals surface area contributed by atoms with E-state index < -0.39 is 18.4 Å². The van der Waals surface area contributed by atoms with E-state index in [0.717, 1.165) is 19.4 Å². The average molecular weight is 420 g/mol. The van der Waals surface area contributed by atoms with Crippen LogP contribution in [0.2, 0.25) is 14.8 Å². The average Bonchev–Trinajstić information content (AvgIpc) is 2.98. The zero-order valence-electron chi connectivity index (χ0n) is 14.6. The molecule has 0 radical (unpaired) electrons. The molecule has 1 aromatic heterocycles. The van der Waals surface area contributed by atoms with Gasteiger partial charge in [-0.3, -0.25) is 0 Å². The van der Waals surface area contributed by atoms with Crippen molar-refractivity contribution in [3.8, 4) is 0 Å². The Labute approximate surface area is 143 Å². The van der Waals surface area contributed by atoms with E-state index in [9.17, 15) is 4.79 Å². The molecule has 0 aliphatic heterocycles. The normalized spacial score (nSPS) is 11.5. The number of benzene rings is 1. The van der Waals surface area contributed by atoms with Gasteiger partial charge in [-0.2, -0.15) is 0 Å². The zero-order chi connectivity index (χ0) is 16.9. The first-order chi connectivity index (χ1) is 10.9. The standard InChI is InChI=1S/C15H18N3O.3CH3.Sn/c1-2-9-17-15(19)14-11-16-12-18(14)10-8-13-6-4-3-5-7-13;;;;/h4-7,11-12H,2,8-10H2,1H3,(H,17,19);3*1H3;. The maximum absolute atomic E-state index is 12.1. The molecule has 1 N–H and O–H groups in total. The third-order valence-electron chi connectivity index (χ3n) is 3.94. The predicted octanol–water partition coefficient (Wildman–Crippen LogP) is 2.81. The van der Waals surface area contributed by atoms with Crippen LogP contribution in [0, 0.1) is 0 Å². The Hall–Kier alpha value is -1.30. The van der Waals surface area contributed by atoms with Crippen molar-refractivity contribution in [2.75, 3.05) is 6.54 Å². The van der Waals surface area contributed by atoms with Gasteiger partial charge in [-0.1, -0.05) is 6.92 Å².